The van der Waals surface area contributed by atoms with Crippen molar-refractivity contribution < 1.29 is 22.3 Å². The summed E-state index contributed by atoms with van der Waals surface area (Å²) in [6.07, 6.45) is 12.5. The molecule has 1 aromatic heterocycles. The van der Waals surface area contributed by atoms with Crippen LogP contribution in [0.3, 0.4) is 0 Å². The Bertz CT molecular complexity index is 1050. The van der Waals surface area contributed by atoms with Gasteiger partial charge in [0.1, 0.15) is 0 Å². The summed E-state index contributed by atoms with van der Waals surface area (Å²) in [7, 11) is -4.23. The average Bonchev–Trinajstić information content (AvgIpc) is 3.37. The lowest BCUT2D eigenvalue weighted by Gasteiger charge is -2.19. The van der Waals surface area contributed by atoms with E-state index < -0.39 is 18.2 Å². The molecule has 0 unspecified atom stereocenters. The monoisotopic (exact) mass is 535 g/mol. The quantitative estimate of drug-likeness (QED) is 0.318. The van der Waals surface area contributed by atoms with Crippen molar-refractivity contribution in [1.29, 1.82) is 0 Å². The number of benzene rings is 1. The Labute approximate surface area is 216 Å². The predicted molar refractivity (Wildman–Crippen MR) is 143 cm³/mol. The molecule has 2 aromatic rings. The molecule has 10 heteroatoms. The molecule has 1 saturated carbocycles. The molecule has 0 saturated heterocycles. The molecule has 1 atom stereocenters. The molecule has 1 heterocycles. The number of hydrogen-bond acceptors (Lipinski definition) is 7. The van der Waals surface area contributed by atoms with Crippen molar-refractivity contribution in [1.82, 2.24) is 9.97 Å². The van der Waals surface area contributed by atoms with Gasteiger partial charge in [-0.1, -0.05) is 37.8 Å². The largest absolute Gasteiger partial charge is 0.334 e. The molecule has 198 valence electrons. The van der Waals surface area contributed by atoms with Gasteiger partial charge in [-0.05, 0) is 56.7 Å². The molecule has 0 aliphatic heterocycles. The van der Waals surface area contributed by atoms with Crippen LogP contribution in [0.4, 0.5) is 5.82 Å². The van der Waals surface area contributed by atoms with Crippen LogP contribution in [0.15, 0.2) is 41.6 Å². The average molecular weight is 536 g/mol. The van der Waals surface area contributed by atoms with E-state index in [4.69, 9.17) is 9.05 Å². The molecule has 3 rings (SSSR count). The summed E-state index contributed by atoms with van der Waals surface area (Å²) in [5.74, 6) is 0.507. The van der Waals surface area contributed by atoms with E-state index in [-0.39, 0.29) is 16.7 Å². The van der Waals surface area contributed by atoms with Crippen LogP contribution in [-0.4, -0.2) is 49.9 Å². The zero-order valence-electron chi connectivity index (χ0n) is 21.5. The number of anilines is 1. The fourth-order valence-corrected chi connectivity index (χ4v) is 6.47. The summed E-state index contributed by atoms with van der Waals surface area (Å²) in [6, 6.07) is 6.65. The maximum Gasteiger partial charge on any atom is 0.233 e. The maximum atomic E-state index is 13.3. The zero-order valence-corrected chi connectivity index (χ0v) is 23.2. The topological polar surface area (TPSA) is 107 Å². The summed E-state index contributed by atoms with van der Waals surface area (Å²) in [6.45, 7) is 5.13. The van der Waals surface area contributed by atoms with Crippen LogP contribution >= 0.6 is 8.38 Å². The van der Waals surface area contributed by atoms with Gasteiger partial charge in [0.25, 0.3) is 0 Å². The van der Waals surface area contributed by atoms with Crippen LogP contribution in [0.25, 0.3) is 0 Å². The third-order valence-electron chi connectivity index (χ3n) is 6.42. The number of rotatable bonds is 14. The van der Waals surface area contributed by atoms with Crippen LogP contribution in [0.1, 0.15) is 69.5 Å². The van der Waals surface area contributed by atoms with E-state index in [2.05, 4.69) is 15.3 Å². The van der Waals surface area contributed by atoms with Gasteiger partial charge in [-0.25, -0.2) is 13.4 Å². The highest BCUT2D eigenvalue weighted by molar-refractivity contribution is 7.90. The third kappa shape index (κ3) is 8.87. The van der Waals surface area contributed by atoms with Gasteiger partial charge < -0.3 is 14.4 Å². The first-order valence-electron chi connectivity index (χ1n) is 12.7. The second kappa shape index (κ2) is 14.1. The minimum atomic E-state index is -3.29. The highest BCUT2D eigenvalue weighted by Gasteiger charge is 2.25. The van der Waals surface area contributed by atoms with Crippen molar-refractivity contribution in [2.75, 3.05) is 30.9 Å². The summed E-state index contributed by atoms with van der Waals surface area (Å²) in [5, 5.41) is 2.92. The molecule has 1 aliphatic rings. The van der Waals surface area contributed by atoms with Gasteiger partial charge in [-0.15, -0.1) is 0 Å². The van der Waals surface area contributed by atoms with Crippen molar-refractivity contribution >= 4 is 29.9 Å². The lowest BCUT2D eigenvalue weighted by molar-refractivity contribution is -0.117. The van der Waals surface area contributed by atoms with E-state index in [9.17, 15) is 13.2 Å². The fourth-order valence-electron chi connectivity index (χ4n) is 4.52. The Morgan fingerprint density at radius 1 is 1.08 bits per heavy atom. The van der Waals surface area contributed by atoms with Gasteiger partial charge in [0.15, 0.2) is 24.0 Å². The van der Waals surface area contributed by atoms with Crippen molar-refractivity contribution in [3.8, 4) is 0 Å². The molecule has 8 nitrogen and oxygen atoms in total. The molecule has 1 aliphatic carbocycles. The normalized spacial score (nSPS) is 15.3. The first-order chi connectivity index (χ1) is 17.3. The Morgan fingerprint density at radius 2 is 1.75 bits per heavy atom. The number of carbonyl (C=O) groups is 1. The molecule has 36 heavy (non-hydrogen) atoms. The van der Waals surface area contributed by atoms with Crippen LogP contribution in [0.5, 0.6) is 0 Å². The summed E-state index contributed by atoms with van der Waals surface area (Å²) in [4.78, 5) is 22.4. The van der Waals surface area contributed by atoms with Crippen molar-refractivity contribution in [2.24, 2.45) is 5.92 Å². The lowest BCUT2D eigenvalue weighted by Crippen LogP contribution is -2.22. The van der Waals surface area contributed by atoms with Crippen molar-refractivity contribution in [3.63, 3.8) is 0 Å². The Morgan fingerprint density at radius 3 is 2.31 bits per heavy atom. The number of hydrogen-bond donors (Lipinski definition) is 1. The summed E-state index contributed by atoms with van der Waals surface area (Å²) < 4.78 is 35.0. The van der Waals surface area contributed by atoms with Crippen LogP contribution in [0.2, 0.25) is 0 Å². The molecule has 1 fully saturated rings. The van der Waals surface area contributed by atoms with E-state index in [0.717, 1.165) is 23.8 Å². The summed E-state index contributed by atoms with van der Waals surface area (Å²) >= 11 is 0. The minimum absolute atomic E-state index is 0.154. The van der Waals surface area contributed by atoms with Crippen LogP contribution in [0, 0.1) is 5.92 Å². The van der Waals surface area contributed by atoms with Crippen LogP contribution < -0.4 is 5.32 Å². The molecule has 1 aromatic carbocycles. The van der Waals surface area contributed by atoms with Gasteiger partial charge in [0.2, 0.25) is 5.91 Å². The Balaban J connectivity index is 1.66. The number of nitrogens with one attached hydrogen (secondary N) is 1. The van der Waals surface area contributed by atoms with Gasteiger partial charge in [0.05, 0.1) is 42.1 Å². The second-order valence-corrected chi connectivity index (χ2v) is 12.8. The first kappa shape index (κ1) is 28.6. The van der Waals surface area contributed by atoms with E-state index in [1.165, 1.54) is 31.9 Å². The molecule has 0 radical (unpaired) electrons. The molecular weight excluding hydrogens is 497 g/mol. The lowest BCUT2D eigenvalue weighted by atomic mass is 9.89. The van der Waals surface area contributed by atoms with E-state index in [1.54, 1.807) is 36.7 Å². The molecule has 1 N–H and O–H groups in total. The predicted octanol–water partition coefficient (Wildman–Crippen LogP) is 5.50. The number of carbonyl (C=O) groups excluding carboxylic acids is 1. The Hall–Kier alpha value is -1.93. The number of amides is 1. The smallest absolute Gasteiger partial charge is 0.233 e. The fraction of sp³-hybridized carbons (Fsp3) is 0.577. The minimum Gasteiger partial charge on any atom is -0.334 e. The highest BCUT2D eigenvalue weighted by Crippen LogP contribution is 2.38. The number of nitrogens with zero attached hydrogens (tertiary/aromatic N) is 2. The Kier molecular flexibility index (Phi) is 11.2. The van der Waals surface area contributed by atoms with E-state index in [0.29, 0.717) is 37.8 Å². The standard InChI is InChI=1S/C26H38N3O5PS/c1-4-33-35(34-5-2)17-16-22-18-28-25(19-27-22)29-26(30)24(15-10-20-8-6-7-9-20)21-11-13-23(14-12-21)36(3,31)32/h11-14,18-20,24H,4-10,15-17H2,1-3H3,(H,28,29,30)/t24-/m1/s1. The van der Waals surface area contributed by atoms with Crippen LogP contribution in [-0.2, 0) is 30.1 Å². The number of aromatic nitrogens is 2. The highest BCUT2D eigenvalue weighted by atomic mass is 32.2. The van der Waals surface area contributed by atoms with Gasteiger partial charge in [-0.3, -0.25) is 9.78 Å². The van der Waals surface area contributed by atoms with Crippen molar-refractivity contribution in [2.45, 2.75) is 69.6 Å². The molecule has 0 spiro atoms. The molecule has 1 amide bonds. The number of sulfone groups is 1. The third-order valence-corrected chi connectivity index (χ3v) is 9.23. The van der Waals surface area contributed by atoms with Gasteiger partial charge in [-0.2, -0.15) is 0 Å². The zero-order chi connectivity index (χ0) is 26.0. The van der Waals surface area contributed by atoms with E-state index in [1.807, 2.05) is 13.8 Å². The van der Waals surface area contributed by atoms with Gasteiger partial charge in [0, 0.05) is 12.4 Å². The van der Waals surface area contributed by atoms with Gasteiger partial charge >= 0.3 is 0 Å². The van der Waals surface area contributed by atoms with E-state index >= 15 is 0 Å². The first-order valence-corrected chi connectivity index (χ1v) is 16.0. The van der Waals surface area contributed by atoms with Crippen molar-refractivity contribution in [3.05, 3.63) is 47.9 Å². The second-order valence-electron chi connectivity index (χ2n) is 9.15. The number of aryl methyl sites for hydroxylation is 1. The summed E-state index contributed by atoms with van der Waals surface area (Å²) in [5.41, 5.74) is 1.62. The molecular formula is C26H38N3O5PS. The maximum absolute atomic E-state index is 13.3. The SMILES string of the molecule is CCOP(CCc1cnc(NC(=O)[C@H](CCC2CCCC2)c2ccc(S(C)(=O)=O)cc2)cn1)OCC. The molecule has 0 bridgehead atoms.